The second-order valence-corrected chi connectivity index (χ2v) is 7.08. The lowest BCUT2D eigenvalue weighted by molar-refractivity contribution is 0.515. The van der Waals surface area contributed by atoms with Gasteiger partial charge in [-0.15, -0.1) is 0 Å². The van der Waals surface area contributed by atoms with Gasteiger partial charge in [-0.2, -0.15) is 0 Å². The molecule has 1 unspecified atom stereocenters. The third-order valence-electron chi connectivity index (χ3n) is 4.58. The molecule has 3 nitrogen and oxygen atoms in total. The van der Waals surface area contributed by atoms with Crippen LogP contribution in [0, 0.1) is 5.92 Å². The van der Waals surface area contributed by atoms with Crippen molar-refractivity contribution < 1.29 is 0 Å². The molecule has 1 atom stereocenters. The Labute approximate surface area is 127 Å². The van der Waals surface area contributed by atoms with E-state index in [2.05, 4.69) is 44.0 Å². The molecule has 2 heterocycles. The Hall–Kier alpha value is -0.870. The molecule has 2 aliphatic rings. The third kappa shape index (κ3) is 2.40. The first-order chi connectivity index (χ1) is 9.81. The molecule has 2 aromatic rings. The molecule has 4 heteroatoms. The number of hydrogen-bond acceptors (Lipinski definition) is 2. The second kappa shape index (κ2) is 5.15. The molecule has 1 aliphatic carbocycles. The molecule has 0 amide bonds. The molecule has 1 aromatic carbocycles. The number of rotatable bonds is 4. The van der Waals surface area contributed by atoms with Gasteiger partial charge in [-0.05, 0) is 62.9 Å². The Balaban J connectivity index is 1.64. The van der Waals surface area contributed by atoms with Crippen LogP contribution in [-0.4, -0.2) is 22.6 Å². The fraction of sp³-hybridized carbons (Fsp3) is 0.562. The summed E-state index contributed by atoms with van der Waals surface area (Å²) < 4.78 is 3.63. The Morgan fingerprint density at radius 1 is 1.30 bits per heavy atom. The van der Waals surface area contributed by atoms with Gasteiger partial charge in [0.2, 0.25) is 0 Å². The van der Waals surface area contributed by atoms with Crippen molar-refractivity contribution in [3.8, 4) is 0 Å². The van der Waals surface area contributed by atoms with Crippen molar-refractivity contribution in [1.29, 1.82) is 0 Å². The fourth-order valence-electron chi connectivity index (χ4n) is 3.33. The van der Waals surface area contributed by atoms with E-state index < -0.39 is 0 Å². The lowest BCUT2D eigenvalue weighted by Crippen LogP contribution is -2.11. The molecule has 1 aliphatic heterocycles. The normalized spacial score (nSPS) is 22.8. The maximum atomic E-state index is 4.91. The number of hydrogen-bond donors (Lipinski definition) is 1. The van der Waals surface area contributed by atoms with E-state index in [9.17, 15) is 0 Å². The van der Waals surface area contributed by atoms with Crippen LogP contribution < -0.4 is 5.32 Å². The minimum Gasteiger partial charge on any atom is -0.325 e. The summed E-state index contributed by atoms with van der Waals surface area (Å²) >= 11 is 3.55. The van der Waals surface area contributed by atoms with Crippen molar-refractivity contribution in [3.63, 3.8) is 0 Å². The number of nitrogens with one attached hydrogen (secondary N) is 1. The molecule has 1 saturated heterocycles. The SMILES string of the molecule is Brc1ccc2c(c1)nc(CCC1CCNC1)n2C1CC1. The van der Waals surface area contributed by atoms with Gasteiger partial charge in [0.25, 0.3) is 0 Å². The maximum Gasteiger partial charge on any atom is 0.110 e. The highest BCUT2D eigenvalue weighted by Crippen LogP contribution is 2.39. The molecule has 20 heavy (non-hydrogen) atoms. The Morgan fingerprint density at radius 2 is 2.20 bits per heavy atom. The average Bonchev–Trinajstić information content (AvgIpc) is 3.01. The largest absolute Gasteiger partial charge is 0.325 e. The zero-order chi connectivity index (χ0) is 13.5. The number of fused-ring (bicyclic) bond motifs is 1. The number of imidazole rings is 1. The summed E-state index contributed by atoms with van der Waals surface area (Å²) in [6, 6.07) is 7.20. The highest BCUT2D eigenvalue weighted by Gasteiger charge is 2.28. The summed E-state index contributed by atoms with van der Waals surface area (Å²) in [6.07, 6.45) is 6.35. The van der Waals surface area contributed by atoms with Crippen LogP contribution in [0.2, 0.25) is 0 Å². The van der Waals surface area contributed by atoms with Gasteiger partial charge in [0.1, 0.15) is 5.82 Å². The Kier molecular flexibility index (Phi) is 3.31. The smallest absolute Gasteiger partial charge is 0.110 e. The van der Waals surface area contributed by atoms with Gasteiger partial charge >= 0.3 is 0 Å². The summed E-state index contributed by atoms with van der Waals surface area (Å²) in [5.41, 5.74) is 2.46. The molecule has 1 saturated carbocycles. The van der Waals surface area contributed by atoms with Crippen LogP contribution in [0.1, 0.15) is 37.5 Å². The van der Waals surface area contributed by atoms with Crippen molar-refractivity contribution >= 4 is 27.0 Å². The molecule has 2 fully saturated rings. The van der Waals surface area contributed by atoms with E-state index >= 15 is 0 Å². The molecule has 106 valence electrons. The van der Waals surface area contributed by atoms with Crippen LogP contribution in [0.15, 0.2) is 22.7 Å². The highest BCUT2D eigenvalue weighted by atomic mass is 79.9. The molecular weight excluding hydrogens is 314 g/mol. The van der Waals surface area contributed by atoms with Gasteiger partial charge in [0.05, 0.1) is 11.0 Å². The number of aryl methyl sites for hydroxylation is 1. The van der Waals surface area contributed by atoms with Crippen LogP contribution in [0.25, 0.3) is 11.0 Å². The van der Waals surface area contributed by atoms with Crippen molar-refractivity contribution in [2.75, 3.05) is 13.1 Å². The van der Waals surface area contributed by atoms with Crippen molar-refractivity contribution in [3.05, 3.63) is 28.5 Å². The Morgan fingerprint density at radius 3 is 2.95 bits per heavy atom. The number of benzene rings is 1. The minimum atomic E-state index is 0.706. The molecular formula is C16H20BrN3. The lowest BCUT2D eigenvalue weighted by atomic mass is 10.0. The van der Waals surface area contributed by atoms with E-state index in [1.54, 1.807) is 0 Å². The maximum absolute atomic E-state index is 4.91. The van der Waals surface area contributed by atoms with Gasteiger partial charge in [-0.3, -0.25) is 0 Å². The van der Waals surface area contributed by atoms with Crippen molar-refractivity contribution in [2.45, 2.75) is 38.1 Å². The van der Waals surface area contributed by atoms with Crippen molar-refractivity contribution in [1.82, 2.24) is 14.9 Å². The van der Waals surface area contributed by atoms with Crippen LogP contribution in [0.3, 0.4) is 0 Å². The summed E-state index contributed by atoms with van der Waals surface area (Å²) in [5, 5.41) is 3.46. The highest BCUT2D eigenvalue weighted by molar-refractivity contribution is 9.10. The number of halogens is 1. The molecule has 4 rings (SSSR count). The summed E-state index contributed by atoms with van der Waals surface area (Å²) in [5.74, 6) is 2.14. The van der Waals surface area contributed by atoms with E-state index in [1.807, 2.05) is 0 Å². The molecule has 0 radical (unpaired) electrons. The van der Waals surface area contributed by atoms with Gasteiger partial charge in [0, 0.05) is 16.9 Å². The monoisotopic (exact) mass is 333 g/mol. The summed E-state index contributed by atoms with van der Waals surface area (Å²) in [6.45, 7) is 2.38. The third-order valence-corrected chi connectivity index (χ3v) is 5.07. The van der Waals surface area contributed by atoms with E-state index in [-0.39, 0.29) is 0 Å². The van der Waals surface area contributed by atoms with Gasteiger partial charge in [-0.1, -0.05) is 15.9 Å². The average molecular weight is 334 g/mol. The van der Waals surface area contributed by atoms with Crippen LogP contribution >= 0.6 is 15.9 Å². The van der Waals surface area contributed by atoms with E-state index in [0.29, 0.717) is 6.04 Å². The Bertz CT molecular complexity index is 624. The first kappa shape index (κ1) is 12.8. The van der Waals surface area contributed by atoms with E-state index in [4.69, 9.17) is 4.98 Å². The summed E-state index contributed by atoms with van der Waals surface area (Å²) in [4.78, 5) is 4.91. The zero-order valence-corrected chi connectivity index (χ0v) is 13.2. The molecule has 1 aromatic heterocycles. The van der Waals surface area contributed by atoms with Crippen molar-refractivity contribution in [2.24, 2.45) is 5.92 Å². The number of aromatic nitrogens is 2. The van der Waals surface area contributed by atoms with Gasteiger partial charge < -0.3 is 9.88 Å². The summed E-state index contributed by atoms with van der Waals surface area (Å²) in [7, 11) is 0. The molecule has 0 bridgehead atoms. The van der Waals surface area contributed by atoms with Crippen LogP contribution in [0.4, 0.5) is 0 Å². The number of nitrogens with zero attached hydrogens (tertiary/aromatic N) is 2. The topological polar surface area (TPSA) is 29.9 Å². The van der Waals surface area contributed by atoms with Crippen LogP contribution in [-0.2, 0) is 6.42 Å². The lowest BCUT2D eigenvalue weighted by Gasteiger charge is -2.10. The van der Waals surface area contributed by atoms with E-state index in [0.717, 1.165) is 22.3 Å². The predicted molar refractivity (Wildman–Crippen MR) is 85.0 cm³/mol. The minimum absolute atomic E-state index is 0.706. The van der Waals surface area contributed by atoms with Gasteiger partial charge in [0.15, 0.2) is 0 Å². The molecule has 1 N–H and O–H groups in total. The first-order valence-electron chi connectivity index (χ1n) is 7.68. The second-order valence-electron chi connectivity index (χ2n) is 6.16. The standard InChI is InChI=1S/C16H20BrN3/c17-12-2-5-15-14(9-12)19-16(20(15)13-3-4-13)6-1-11-7-8-18-10-11/h2,5,9,11,13,18H,1,3-4,6-8,10H2. The van der Waals surface area contributed by atoms with Gasteiger partial charge in [-0.25, -0.2) is 4.98 Å². The van der Waals surface area contributed by atoms with Crippen LogP contribution in [0.5, 0.6) is 0 Å². The predicted octanol–water partition coefficient (Wildman–Crippen LogP) is 3.68. The zero-order valence-electron chi connectivity index (χ0n) is 11.6. The van der Waals surface area contributed by atoms with E-state index in [1.165, 1.54) is 50.1 Å². The quantitative estimate of drug-likeness (QED) is 0.924. The fourth-order valence-corrected chi connectivity index (χ4v) is 3.68. The first-order valence-corrected chi connectivity index (χ1v) is 8.47. The molecule has 0 spiro atoms.